The molecular weight excluding hydrogens is 257 g/mol. The molecule has 3 rings (SSSR count). The maximum Gasteiger partial charge on any atom is 0.256 e. The third-order valence-electron chi connectivity index (χ3n) is 3.20. The first kappa shape index (κ1) is 12.4. The van der Waals surface area contributed by atoms with Crippen molar-refractivity contribution in [1.29, 1.82) is 0 Å². The van der Waals surface area contributed by atoms with Gasteiger partial charge in [-0.3, -0.25) is 4.79 Å². The highest BCUT2D eigenvalue weighted by Gasteiger charge is 2.24. The Bertz CT molecular complexity index is 722. The quantitative estimate of drug-likeness (QED) is 0.849. The largest absolute Gasteiger partial charge is 0.496 e. The lowest BCUT2D eigenvalue weighted by Gasteiger charge is -2.05. The van der Waals surface area contributed by atoms with Crippen molar-refractivity contribution in [2.45, 2.75) is 0 Å². The number of hydrogen-bond donors (Lipinski definition) is 1. The summed E-state index contributed by atoms with van der Waals surface area (Å²) in [5.74, 6) is 0.0559. The molecule has 0 saturated carbocycles. The molecular formula is C16H12FNO2. The van der Waals surface area contributed by atoms with Crippen molar-refractivity contribution in [3.05, 3.63) is 59.4 Å². The lowest BCUT2D eigenvalue weighted by Crippen LogP contribution is -2.03. The minimum atomic E-state index is -0.369. The number of methoxy groups -OCH3 is 1. The predicted octanol–water partition coefficient (Wildman–Crippen LogP) is 3.33. The van der Waals surface area contributed by atoms with Gasteiger partial charge in [-0.2, -0.15) is 0 Å². The van der Waals surface area contributed by atoms with Gasteiger partial charge in [-0.1, -0.05) is 18.2 Å². The van der Waals surface area contributed by atoms with Crippen LogP contribution in [0.5, 0.6) is 5.75 Å². The van der Waals surface area contributed by atoms with Crippen LogP contribution in [0.1, 0.15) is 11.1 Å². The lowest BCUT2D eigenvalue weighted by atomic mass is 10.0. The summed E-state index contributed by atoms with van der Waals surface area (Å²) in [6, 6.07) is 11.6. The number of benzene rings is 2. The van der Waals surface area contributed by atoms with Crippen molar-refractivity contribution in [2.75, 3.05) is 12.4 Å². The van der Waals surface area contributed by atoms with Gasteiger partial charge in [-0.25, -0.2) is 4.39 Å². The van der Waals surface area contributed by atoms with Crippen LogP contribution in [0, 0.1) is 5.82 Å². The van der Waals surface area contributed by atoms with Crippen molar-refractivity contribution in [1.82, 2.24) is 0 Å². The number of rotatable bonds is 2. The van der Waals surface area contributed by atoms with Crippen LogP contribution in [0.15, 0.2) is 42.5 Å². The third kappa shape index (κ3) is 2.05. The Morgan fingerprint density at radius 2 is 2.00 bits per heavy atom. The van der Waals surface area contributed by atoms with E-state index in [9.17, 15) is 9.18 Å². The van der Waals surface area contributed by atoms with Crippen LogP contribution < -0.4 is 10.1 Å². The topological polar surface area (TPSA) is 38.3 Å². The van der Waals surface area contributed by atoms with E-state index in [-0.39, 0.29) is 11.7 Å². The van der Waals surface area contributed by atoms with Crippen molar-refractivity contribution >= 4 is 23.2 Å². The minimum absolute atomic E-state index is 0.239. The summed E-state index contributed by atoms with van der Waals surface area (Å²) in [4.78, 5) is 12.0. The van der Waals surface area contributed by atoms with E-state index < -0.39 is 0 Å². The maximum atomic E-state index is 13.4. The van der Waals surface area contributed by atoms with E-state index >= 15 is 0 Å². The second kappa shape index (κ2) is 4.81. The Hall–Kier alpha value is -2.62. The zero-order valence-electron chi connectivity index (χ0n) is 10.8. The Balaban J connectivity index is 2.13. The molecule has 1 N–H and O–H groups in total. The number of halogens is 1. The fraction of sp³-hybridized carbons (Fsp3) is 0.0625. The van der Waals surface area contributed by atoms with Crippen molar-refractivity contribution in [3.8, 4) is 5.75 Å². The summed E-state index contributed by atoms with van der Waals surface area (Å²) in [5, 5.41) is 2.72. The van der Waals surface area contributed by atoms with Crippen molar-refractivity contribution < 1.29 is 13.9 Å². The molecule has 0 atom stereocenters. The first-order chi connectivity index (χ1) is 9.69. The molecule has 0 saturated heterocycles. The minimum Gasteiger partial charge on any atom is -0.496 e. The number of nitrogens with one attached hydrogen (secondary N) is 1. The molecule has 1 aliphatic heterocycles. The molecule has 20 heavy (non-hydrogen) atoms. The van der Waals surface area contributed by atoms with Gasteiger partial charge in [0.2, 0.25) is 0 Å². The normalized spacial score (nSPS) is 15.1. The Morgan fingerprint density at radius 3 is 2.80 bits per heavy atom. The van der Waals surface area contributed by atoms with E-state index in [1.807, 2.05) is 24.3 Å². The molecule has 0 radical (unpaired) electrons. The molecule has 100 valence electrons. The molecule has 2 aromatic rings. The summed E-state index contributed by atoms with van der Waals surface area (Å²) >= 11 is 0. The van der Waals surface area contributed by atoms with Gasteiger partial charge in [-0.15, -0.1) is 0 Å². The molecule has 3 nitrogen and oxygen atoms in total. The average Bonchev–Trinajstić information content (AvgIpc) is 2.76. The van der Waals surface area contributed by atoms with Crippen molar-refractivity contribution in [2.24, 2.45) is 0 Å². The monoisotopic (exact) mass is 269 g/mol. The fourth-order valence-corrected chi connectivity index (χ4v) is 2.24. The number of carbonyl (C=O) groups is 1. The maximum absolute atomic E-state index is 13.4. The third-order valence-corrected chi connectivity index (χ3v) is 3.20. The van der Waals surface area contributed by atoms with E-state index in [4.69, 9.17) is 4.74 Å². The fourth-order valence-electron chi connectivity index (χ4n) is 2.24. The number of para-hydroxylation sites is 1. The Morgan fingerprint density at radius 1 is 1.20 bits per heavy atom. The molecule has 0 bridgehead atoms. The van der Waals surface area contributed by atoms with Crippen LogP contribution in [-0.2, 0) is 4.79 Å². The van der Waals surface area contributed by atoms with Crippen LogP contribution in [0.4, 0.5) is 10.1 Å². The van der Waals surface area contributed by atoms with Gasteiger partial charge >= 0.3 is 0 Å². The molecule has 0 aromatic heterocycles. The van der Waals surface area contributed by atoms with Crippen LogP contribution in [0.3, 0.4) is 0 Å². The Kier molecular flexibility index (Phi) is 2.99. The van der Waals surface area contributed by atoms with Gasteiger partial charge in [0.15, 0.2) is 0 Å². The average molecular weight is 269 g/mol. The van der Waals surface area contributed by atoms with Crippen LogP contribution in [0.25, 0.3) is 11.6 Å². The van der Waals surface area contributed by atoms with Gasteiger partial charge in [0.05, 0.1) is 7.11 Å². The van der Waals surface area contributed by atoms with Gasteiger partial charge in [-0.05, 0) is 30.3 Å². The second-order valence-electron chi connectivity index (χ2n) is 4.44. The number of hydrogen-bond acceptors (Lipinski definition) is 2. The molecule has 0 spiro atoms. The molecule has 0 aliphatic carbocycles. The highest BCUT2D eigenvalue weighted by atomic mass is 19.1. The van der Waals surface area contributed by atoms with E-state index in [0.29, 0.717) is 22.6 Å². The molecule has 2 aromatic carbocycles. The van der Waals surface area contributed by atoms with Gasteiger partial charge in [0.1, 0.15) is 11.6 Å². The molecule has 4 heteroatoms. The summed E-state index contributed by atoms with van der Waals surface area (Å²) < 4.78 is 18.6. The number of fused-ring (bicyclic) bond motifs is 1. The van der Waals surface area contributed by atoms with Gasteiger partial charge in [0.25, 0.3) is 5.91 Å². The van der Waals surface area contributed by atoms with E-state index in [1.54, 1.807) is 19.3 Å². The number of ether oxygens (including phenoxy) is 1. The van der Waals surface area contributed by atoms with E-state index in [1.165, 1.54) is 12.1 Å². The van der Waals surface area contributed by atoms with E-state index in [2.05, 4.69) is 5.32 Å². The van der Waals surface area contributed by atoms with Crippen LogP contribution in [0.2, 0.25) is 0 Å². The predicted molar refractivity (Wildman–Crippen MR) is 75.9 cm³/mol. The van der Waals surface area contributed by atoms with E-state index in [0.717, 1.165) is 5.56 Å². The first-order valence-corrected chi connectivity index (χ1v) is 6.15. The van der Waals surface area contributed by atoms with Gasteiger partial charge in [0, 0.05) is 22.4 Å². The summed E-state index contributed by atoms with van der Waals surface area (Å²) in [5.41, 5.74) is 2.40. The van der Waals surface area contributed by atoms with Crippen LogP contribution in [-0.4, -0.2) is 13.0 Å². The van der Waals surface area contributed by atoms with Gasteiger partial charge < -0.3 is 10.1 Å². The standard InChI is InChI=1S/C16H12FNO2/c1-20-15-5-3-2-4-10(15)8-13-12-9-11(17)6-7-14(12)18-16(13)19/h2-9H,1H3,(H,18,19). The summed E-state index contributed by atoms with van der Waals surface area (Å²) in [7, 11) is 1.57. The van der Waals surface area contributed by atoms with Crippen LogP contribution >= 0.6 is 0 Å². The number of amides is 1. The molecule has 0 unspecified atom stereocenters. The number of carbonyl (C=O) groups excluding carboxylic acids is 1. The highest BCUT2D eigenvalue weighted by Crippen LogP contribution is 2.34. The summed E-state index contributed by atoms with van der Waals surface area (Å²) in [6.07, 6.45) is 1.71. The second-order valence-corrected chi connectivity index (χ2v) is 4.44. The first-order valence-electron chi connectivity index (χ1n) is 6.15. The zero-order valence-corrected chi connectivity index (χ0v) is 10.8. The summed E-state index contributed by atoms with van der Waals surface area (Å²) in [6.45, 7) is 0. The molecule has 1 aliphatic rings. The lowest BCUT2D eigenvalue weighted by molar-refractivity contribution is -0.110. The molecule has 1 amide bonds. The number of anilines is 1. The molecule has 1 heterocycles. The highest BCUT2D eigenvalue weighted by molar-refractivity contribution is 6.35. The van der Waals surface area contributed by atoms with Crippen molar-refractivity contribution in [3.63, 3.8) is 0 Å². The Labute approximate surface area is 115 Å². The smallest absolute Gasteiger partial charge is 0.256 e. The molecule has 0 fully saturated rings. The SMILES string of the molecule is COc1ccccc1C=C1C(=O)Nc2ccc(F)cc21. The zero-order chi connectivity index (χ0) is 14.1.